The number of nitrogens with two attached hydrogens (primary N) is 2. The van der Waals surface area contributed by atoms with E-state index in [-0.39, 0.29) is 11.5 Å². The van der Waals surface area contributed by atoms with Crippen molar-refractivity contribution in [3.8, 4) is 17.0 Å². The number of hydrogen-bond acceptors (Lipinski definition) is 5. The highest BCUT2D eigenvalue weighted by molar-refractivity contribution is 9.10. The molecule has 0 aliphatic rings. The van der Waals surface area contributed by atoms with Gasteiger partial charge in [0.25, 0.3) is 5.91 Å². The van der Waals surface area contributed by atoms with E-state index in [1.165, 1.54) is 7.11 Å². The van der Waals surface area contributed by atoms with Crippen LogP contribution in [-0.2, 0) is 0 Å². The molecule has 2 aromatic rings. The maximum absolute atomic E-state index is 11.7. The Morgan fingerprint density at radius 2 is 2.05 bits per heavy atom. The van der Waals surface area contributed by atoms with E-state index < -0.39 is 5.91 Å². The number of halogens is 1. The normalized spacial score (nSPS) is 10.3. The summed E-state index contributed by atoms with van der Waals surface area (Å²) in [5.74, 6) is 0.0252. The van der Waals surface area contributed by atoms with Crippen molar-refractivity contribution in [1.29, 1.82) is 0 Å². The largest absolute Gasteiger partial charge is 0.496 e. The molecule has 4 N–H and O–H groups in total. The summed E-state index contributed by atoms with van der Waals surface area (Å²) in [6.45, 7) is 1.66. The first-order chi connectivity index (χ1) is 9.43. The zero-order chi connectivity index (χ0) is 14.9. The number of nitrogens with zero attached hydrogens (tertiary/aromatic N) is 2. The van der Waals surface area contributed by atoms with Crippen molar-refractivity contribution in [2.75, 3.05) is 12.8 Å². The molecule has 1 aromatic carbocycles. The van der Waals surface area contributed by atoms with Gasteiger partial charge in [0.1, 0.15) is 5.75 Å². The Labute approximate surface area is 124 Å². The Hall–Kier alpha value is -2.15. The average Bonchev–Trinajstić information content (AvgIpc) is 2.37. The van der Waals surface area contributed by atoms with Gasteiger partial charge in [-0.05, 0) is 25.1 Å². The highest BCUT2D eigenvalue weighted by Gasteiger charge is 2.20. The van der Waals surface area contributed by atoms with Crippen LogP contribution >= 0.6 is 15.9 Å². The van der Waals surface area contributed by atoms with Gasteiger partial charge in [-0.25, -0.2) is 9.97 Å². The van der Waals surface area contributed by atoms with Crippen molar-refractivity contribution < 1.29 is 9.53 Å². The van der Waals surface area contributed by atoms with Crippen molar-refractivity contribution in [3.05, 3.63) is 33.9 Å². The summed E-state index contributed by atoms with van der Waals surface area (Å²) in [6.07, 6.45) is 0. The molecular weight excluding hydrogens is 324 g/mol. The van der Waals surface area contributed by atoms with E-state index in [1.54, 1.807) is 19.1 Å². The SMILES string of the molecule is COc1ccc(Br)cc1-c1nc(N)nc(C)c1C(N)=O. The minimum Gasteiger partial charge on any atom is -0.496 e. The van der Waals surface area contributed by atoms with Gasteiger partial charge in [0, 0.05) is 10.0 Å². The number of anilines is 1. The lowest BCUT2D eigenvalue weighted by Crippen LogP contribution is -2.17. The Kier molecular flexibility index (Phi) is 3.89. The van der Waals surface area contributed by atoms with E-state index in [4.69, 9.17) is 16.2 Å². The highest BCUT2D eigenvalue weighted by Crippen LogP contribution is 2.34. The summed E-state index contributed by atoms with van der Waals surface area (Å²) in [5, 5.41) is 0. The molecule has 0 bridgehead atoms. The summed E-state index contributed by atoms with van der Waals surface area (Å²) >= 11 is 3.38. The van der Waals surface area contributed by atoms with Crippen LogP contribution in [0.2, 0.25) is 0 Å². The Bertz CT molecular complexity index is 688. The number of amides is 1. The molecule has 0 atom stereocenters. The number of aromatic nitrogens is 2. The second kappa shape index (κ2) is 5.46. The first-order valence-electron chi connectivity index (χ1n) is 5.72. The quantitative estimate of drug-likeness (QED) is 0.890. The van der Waals surface area contributed by atoms with Gasteiger partial charge in [0.2, 0.25) is 5.95 Å². The van der Waals surface area contributed by atoms with Crippen LogP contribution in [0.3, 0.4) is 0 Å². The molecule has 2 rings (SSSR count). The van der Waals surface area contributed by atoms with E-state index in [1.807, 2.05) is 6.07 Å². The van der Waals surface area contributed by atoms with Crippen LogP contribution in [0.5, 0.6) is 5.75 Å². The van der Waals surface area contributed by atoms with E-state index in [2.05, 4.69) is 25.9 Å². The van der Waals surface area contributed by atoms with Crippen molar-refractivity contribution in [1.82, 2.24) is 9.97 Å². The van der Waals surface area contributed by atoms with Gasteiger partial charge >= 0.3 is 0 Å². The number of benzene rings is 1. The van der Waals surface area contributed by atoms with Crippen molar-refractivity contribution in [2.45, 2.75) is 6.92 Å². The summed E-state index contributed by atoms with van der Waals surface area (Å²) < 4.78 is 6.11. The minimum absolute atomic E-state index is 0.0736. The lowest BCUT2D eigenvalue weighted by atomic mass is 10.0. The molecule has 1 aromatic heterocycles. The highest BCUT2D eigenvalue weighted by atomic mass is 79.9. The van der Waals surface area contributed by atoms with Crippen LogP contribution in [-0.4, -0.2) is 23.0 Å². The predicted octanol–water partition coefficient (Wildman–Crippen LogP) is 1.90. The molecular formula is C13H13BrN4O2. The Balaban J connectivity index is 2.81. The Morgan fingerprint density at radius 1 is 1.35 bits per heavy atom. The van der Waals surface area contributed by atoms with Crippen LogP contribution < -0.4 is 16.2 Å². The topological polar surface area (TPSA) is 104 Å². The molecule has 0 saturated carbocycles. The molecule has 1 amide bonds. The number of nitrogen functional groups attached to an aromatic ring is 1. The number of hydrogen-bond donors (Lipinski definition) is 2. The van der Waals surface area contributed by atoms with Gasteiger partial charge in [-0.1, -0.05) is 15.9 Å². The fourth-order valence-electron chi connectivity index (χ4n) is 1.95. The third-order valence-corrected chi connectivity index (χ3v) is 3.26. The number of primary amides is 1. The molecule has 0 radical (unpaired) electrons. The second-order valence-corrected chi connectivity index (χ2v) is 5.02. The monoisotopic (exact) mass is 336 g/mol. The summed E-state index contributed by atoms with van der Waals surface area (Å²) in [4.78, 5) is 19.8. The van der Waals surface area contributed by atoms with E-state index in [0.717, 1.165) is 4.47 Å². The first kappa shape index (κ1) is 14.3. The minimum atomic E-state index is -0.612. The molecule has 0 aliphatic carbocycles. The number of carbonyl (C=O) groups excluding carboxylic acids is 1. The van der Waals surface area contributed by atoms with Gasteiger partial charge in [-0.15, -0.1) is 0 Å². The Morgan fingerprint density at radius 3 is 2.65 bits per heavy atom. The number of rotatable bonds is 3. The zero-order valence-electron chi connectivity index (χ0n) is 11.0. The lowest BCUT2D eigenvalue weighted by Gasteiger charge is -2.13. The molecule has 0 fully saturated rings. The molecule has 20 heavy (non-hydrogen) atoms. The lowest BCUT2D eigenvalue weighted by molar-refractivity contribution is 0.0999. The van der Waals surface area contributed by atoms with Gasteiger partial charge in [0.05, 0.1) is 24.1 Å². The van der Waals surface area contributed by atoms with E-state index in [9.17, 15) is 4.79 Å². The van der Waals surface area contributed by atoms with Gasteiger partial charge in [-0.3, -0.25) is 4.79 Å². The number of ether oxygens (including phenoxy) is 1. The summed E-state index contributed by atoms with van der Waals surface area (Å²) in [6, 6.07) is 5.37. The molecule has 104 valence electrons. The fraction of sp³-hybridized carbons (Fsp3) is 0.154. The van der Waals surface area contributed by atoms with Crippen LogP contribution in [0.1, 0.15) is 16.1 Å². The van der Waals surface area contributed by atoms with E-state index in [0.29, 0.717) is 22.7 Å². The average molecular weight is 337 g/mol. The van der Waals surface area contributed by atoms with Gasteiger partial charge < -0.3 is 16.2 Å². The molecule has 0 aliphatic heterocycles. The van der Waals surface area contributed by atoms with Crippen LogP contribution in [0.25, 0.3) is 11.3 Å². The maximum atomic E-state index is 11.7. The summed E-state index contributed by atoms with van der Waals surface area (Å²) in [7, 11) is 1.54. The smallest absolute Gasteiger partial charge is 0.252 e. The summed E-state index contributed by atoms with van der Waals surface area (Å²) in [5.41, 5.74) is 12.7. The number of methoxy groups -OCH3 is 1. The van der Waals surface area contributed by atoms with Crippen molar-refractivity contribution in [2.24, 2.45) is 5.73 Å². The first-order valence-corrected chi connectivity index (χ1v) is 6.51. The third kappa shape index (κ3) is 2.57. The molecule has 6 nitrogen and oxygen atoms in total. The molecule has 7 heteroatoms. The molecule has 0 spiro atoms. The molecule has 0 saturated heterocycles. The van der Waals surface area contributed by atoms with Crippen LogP contribution in [0.4, 0.5) is 5.95 Å². The van der Waals surface area contributed by atoms with Crippen LogP contribution in [0, 0.1) is 6.92 Å². The number of carbonyl (C=O) groups is 1. The van der Waals surface area contributed by atoms with E-state index >= 15 is 0 Å². The zero-order valence-corrected chi connectivity index (χ0v) is 12.6. The number of aryl methyl sites for hydroxylation is 1. The van der Waals surface area contributed by atoms with Crippen molar-refractivity contribution in [3.63, 3.8) is 0 Å². The van der Waals surface area contributed by atoms with Gasteiger partial charge in [-0.2, -0.15) is 0 Å². The predicted molar refractivity (Wildman–Crippen MR) is 79.4 cm³/mol. The second-order valence-electron chi connectivity index (χ2n) is 4.10. The maximum Gasteiger partial charge on any atom is 0.252 e. The fourth-order valence-corrected chi connectivity index (χ4v) is 2.31. The van der Waals surface area contributed by atoms with Crippen molar-refractivity contribution >= 4 is 27.8 Å². The standard InChI is InChI=1S/C13H13BrN4O2/c1-6-10(12(15)19)11(18-13(16)17-6)8-5-7(14)3-4-9(8)20-2/h3-5H,1-2H3,(H2,15,19)(H2,16,17,18). The van der Waals surface area contributed by atoms with Gasteiger partial charge in [0.15, 0.2) is 0 Å². The van der Waals surface area contributed by atoms with Crippen LogP contribution in [0.15, 0.2) is 22.7 Å². The molecule has 1 heterocycles. The molecule has 0 unspecified atom stereocenters. The third-order valence-electron chi connectivity index (χ3n) is 2.77.